The predicted octanol–water partition coefficient (Wildman–Crippen LogP) is 3.17. The van der Waals surface area contributed by atoms with Crippen LogP contribution in [-0.2, 0) is 11.3 Å². The number of carbonyl (C=O) groups is 2. The number of phenolic OH excluding ortho intramolecular Hbond substituents is 1. The first-order valence-corrected chi connectivity index (χ1v) is 10.0. The number of piperidine rings is 1. The van der Waals surface area contributed by atoms with Gasteiger partial charge in [0.05, 0.1) is 0 Å². The molecule has 5 heteroatoms. The molecule has 1 aromatic rings. The summed E-state index contributed by atoms with van der Waals surface area (Å²) in [6.45, 7) is 3.28. The lowest BCUT2D eigenvalue weighted by Crippen LogP contribution is -2.41. The first-order valence-electron chi connectivity index (χ1n) is 10.0. The van der Waals surface area contributed by atoms with Gasteiger partial charge in [-0.05, 0) is 68.6 Å². The molecule has 1 saturated heterocycles. The summed E-state index contributed by atoms with van der Waals surface area (Å²) in [4.78, 5) is 29.2. The van der Waals surface area contributed by atoms with Gasteiger partial charge in [-0.15, -0.1) is 0 Å². The van der Waals surface area contributed by atoms with Crippen LogP contribution in [0, 0.1) is 11.8 Å². The van der Waals surface area contributed by atoms with Crippen molar-refractivity contribution in [3.8, 4) is 5.75 Å². The quantitative estimate of drug-likeness (QED) is 0.905. The van der Waals surface area contributed by atoms with Crippen molar-refractivity contribution < 1.29 is 14.7 Å². The maximum Gasteiger partial charge on any atom is 0.254 e. The first-order chi connectivity index (χ1) is 12.6. The topological polar surface area (TPSA) is 60.9 Å². The van der Waals surface area contributed by atoms with Gasteiger partial charge in [0.25, 0.3) is 5.91 Å². The number of phenols is 1. The lowest BCUT2D eigenvalue weighted by atomic mass is 9.81. The smallest absolute Gasteiger partial charge is 0.254 e. The van der Waals surface area contributed by atoms with Gasteiger partial charge in [-0.2, -0.15) is 0 Å². The van der Waals surface area contributed by atoms with Crippen molar-refractivity contribution >= 4 is 11.8 Å². The third-order valence-corrected chi connectivity index (χ3v) is 6.31. The fourth-order valence-corrected chi connectivity index (χ4v) is 4.77. The first kappa shape index (κ1) is 17.4. The predicted molar refractivity (Wildman–Crippen MR) is 98.7 cm³/mol. The number of likely N-dealkylation sites (tertiary alicyclic amines) is 1. The van der Waals surface area contributed by atoms with E-state index in [0.717, 1.165) is 63.7 Å². The summed E-state index contributed by atoms with van der Waals surface area (Å²) in [5, 5.41) is 9.60. The second-order valence-electron chi connectivity index (χ2n) is 8.13. The highest BCUT2D eigenvalue weighted by Crippen LogP contribution is 2.33. The van der Waals surface area contributed by atoms with Crippen LogP contribution in [0.2, 0.25) is 0 Å². The van der Waals surface area contributed by atoms with E-state index in [1.165, 1.54) is 6.42 Å². The van der Waals surface area contributed by atoms with Crippen molar-refractivity contribution in [1.82, 2.24) is 9.80 Å². The standard InChI is InChI=1S/C21H28N2O3/c24-18-9-8-17-14-23(21(26)19(17)12-18)13-15-4-6-16(7-5-15)20(25)22-10-2-1-3-11-22/h8-9,12,15-16,24H,1-7,10-11,13-14H2. The van der Waals surface area contributed by atoms with E-state index in [1.54, 1.807) is 12.1 Å². The zero-order valence-electron chi connectivity index (χ0n) is 15.3. The van der Waals surface area contributed by atoms with Crippen LogP contribution in [0.5, 0.6) is 5.75 Å². The van der Waals surface area contributed by atoms with E-state index in [-0.39, 0.29) is 17.6 Å². The summed E-state index contributed by atoms with van der Waals surface area (Å²) in [6.07, 6.45) is 7.50. The molecule has 3 aliphatic rings. The zero-order valence-corrected chi connectivity index (χ0v) is 15.3. The van der Waals surface area contributed by atoms with Crippen LogP contribution in [-0.4, -0.2) is 46.4 Å². The van der Waals surface area contributed by atoms with Crippen LogP contribution in [0.3, 0.4) is 0 Å². The van der Waals surface area contributed by atoms with Gasteiger partial charge in [0, 0.05) is 37.7 Å². The largest absolute Gasteiger partial charge is 0.508 e. The lowest BCUT2D eigenvalue weighted by Gasteiger charge is -2.35. The molecule has 5 nitrogen and oxygen atoms in total. The van der Waals surface area contributed by atoms with Gasteiger partial charge >= 0.3 is 0 Å². The Bertz CT molecular complexity index is 688. The molecule has 0 spiro atoms. The number of nitrogens with zero attached hydrogens (tertiary/aromatic N) is 2. The third kappa shape index (κ3) is 3.44. The highest BCUT2D eigenvalue weighted by Gasteiger charge is 2.33. The lowest BCUT2D eigenvalue weighted by molar-refractivity contribution is -0.137. The van der Waals surface area contributed by atoms with Crippen LogP contribution in [0.25, 0.3) is 0 Å². The van der Waals surface area contributed by atoms with Crippen LogP contribution >= 0.6 is 0 Å². The molecule has 0 radical (unpaired) electrons. The number of rotatable bonds is 3. The Balaban J connectivity index is 1.29. The molecule has 2 amide bonds. The molecule has 2 fully saturated rings. The monoisotopic (exact) mass is 356 g/mol. The zero-order chi connectivity index (χ0) is 18.1. The van der Waals surface area contributed by atoms with E-state index in [0.29, 0.717) is 23.9 Å². The Morgan fingerprint density at radius 1 is 1.08 bits per heavy atom. The van der Waals surface area contributed by atoms with Crippen molar-refractivity contribution in [2.75, 3.05) is 19.6 Å². The highest BCUT2D eigenvalue weighted by atomic mass is 16.3. The van der Waals surface area contributed by atoms with Crippen molar-refractivity contribution in [3.05, 3.63) is 29.3 Å². The fraction of sp³-hybridized carbons (Fsp3) is 0.619. The molecule has 2 aliphatic heterocycles. The number of carbonyl (C=O) groups excluding carboxylic acids is 2. The minimum Gasteiger partial charge on any atom is -0.508 e. The highest BCUT2D eigenvalue weighted by molar-refractivity contribution is 5.98. The maximum absolute atomic E-state index is 12.7. The van der Waals surface area contributed by atoms with Gasteiger partial charge in [0.15, 0.2) is 0 Å². The van der Waals surface area contributed by atoms with E-state index < -0.39 is 0 Å². The Morgan fingerprint density at radius 2 is 1.81 bits per heavy atom. The van der Waals surface area contributed by atoms with Gasteiger partial charge in [-0.1, -0.05) is 6.07 Å². The molecule has 1 aromatic carbocycles. The number of fused-ring (bicyclic) bond motifs is 1. The van der Waals surface area contributed by atoms with E-state index in [9.17, 15) is 14.7 Å². The molecule has 1 aliphatic carbocycles. The van der Waals surface area contributed by atoms with Gasteiger partial charge in [0.1, 0.15) is 5.75 Å². The fourth-order valence-electron chi connectivity index (χ4n) is 4.77. The Hall–Kier alpha value is -2.04. The molecule has 0 aromatic heterocycles. The molecule has 4 rings (SSSR count). The average molecular weight is 356 g/mol. The number of aromatic hydroxyl groups is 1. The van der Waals surface area contributed by atoms with Crippen LogP contribution in [0.1, 0.15) is 60.9 Å². The summed E-state index contributed by atoms with van der Waals surface area (Å²) < 4.78 is 0. The molecular formula is C21H28N2O3. The van der Waals surface area contributed by atoms with E-state index in [4.69, 9.17) is 0 Å². The molecule has 26 heavy (non-hydrogen) atoms. The van der Waals surface area contributed by atoms with Gasteiger partial charge < -0.3 is 14.9 Å². The van der Waals surface area contributed by atoms with E-state index in [2.05, 4.69) is 4.90 Å². The average Bonchev–Trinajstić information content (AvgIpc) is 2.98. The summed E-state index contributed by atoms with van der Waals surface area (Å²) >= 11 is 0. The number of hydrogen-bond acceptors (Lipinski definition) is 3. The van der Waals surface area contributed by atoms with Crippen LogP contribution in [0.15, 0.2) is 18.2 Å². The minimum absolute atomic E-state index is 0.0300. The molecule has 0 unspecified atom stereocenters. The van der Waals surface area contributed by atoms with Crippen molar-refractivity contribution in [3.63, 3.8) is 0 Å². The summed E-state index contributed by atoms with van der Waals surface area (Å²) in [5.41, 5.74) is 1.64. The van der Waals surface area contributed by atoms with Crippen LogP contribution < -0.4 is 0 Å². The minimum atomic E-state index is 0.0300. The number of hydrogen-bond donors (Lipinski definition) is 1. The molecule has 0 atom stereocenters. The van der Waals surface area contributed by atoms with Gasteiger partial charge in [-0.25, -0.2) is 0 Å². The SMILES string of the molecule is O=C1c2cc(O)ccc2CN1CC1CCC(C(=O)N2CCCCC2)CC1. The molecule has 0 bridgehead atoms. The van der Waals surface area contributed by atoms with Crippen molar-refractivity contribution in [2.45, 2.75) is 51.5 Å². The molecule has 1 N–H and O–H groups in total. The third-order valence-electron chi connectivity index (χ3n) is 6.31. The van der Waals surface area contributed by atoms with Gasteiger partial charge in [0.2, 0.25) is 5.91 Å². The summed E-state index contributed by atoms with van der Waals surface area (Å²) in [7, 11) is 0. The molecule has 140 valence electrons. The molecule has 2 heterocycles. The van der Waals surface area contributed by atoms with E-state index in [1.807, 2.05) is 11.0 Å². The van der Waals surface area contributed by atoms with Crippen LogP contribution in [0.4, 0.5) is 0 Å². The van der Waals surface area contributed by atoms with E-state index >= 15 is 0 Å². The Morgan fingerprint density at radius 3 is 2.54 bits per heavy atom. The second kappa shape index (κ2) is 7.29. The second-order valence-corrected chi connectivity index (χ2v) is 8.13. The summed E-state index contributed by atoms with van der Waals surface area (Å²) in [6, 6.07) is 5.07. The van der Waals surface area contributed by atoms with Gasteiger partial charge in [-0.3, -0.25) is 9.59 Å². The van der Waals surface area contributed by atoms with Crippen molar-refractivity contribution in [2.24, 2.45) is 11.8 Å². The Labute approximate surface area is 155 Å². The molecular weight excluding hydrogens is 328 g/mol. The summed E-state index contributed by atoms with van der Waals surface area (Å²) in [5.74, 6) is 1.21. The molecule has 1 saturated carbocycles. The number of amides is 2. The number of benzene rings is 1. The van der Waals surface area contributed by atoms with Crippen molar-refractivity contribution in [1.29, 1.82) is 0 Å². The Kier molecular flexibility index (Phi) is 4.88. The maximum atomic E-state index is 12.7. The normalized spacial score (nSPS) is 26.1.